The minimum atomic E-state index is -4.42. The Labute approximate surface area is 109 Å². The Balaban J connectivity index is 2.13. The fraction of sp³-hybridized carbons (Fsp3) is 0.0909. The number of pyridine rings is 2. The van der Waals surface area contributed by atoms with Crippen molar-refractivity contribution in [1.82, 2.24) is 9.97 Å². The smallest absolute Gasteiger partial charge is 0.353 e. The van der Waals surface area contributed by atoms with Crippen LogP contribution in [0.3, 0.4) is 0 Å². The zero-order valence-electron chi connectivity index (χ0n) is 8.87. The van der Waals surface area contributed by atoms with Gasteiger partial charge in [0, 0.05) is 0 Å². The first-order valence-corrected chi connectivity index (χ1v) is 5.66. The van der Waals surface area contributed by atoms with Gasteiger partial charge in [0.2, 0.25) is 0 Å². The highest BCUT2D eigenvalue weighted by molar-refractivity contribution is 9.10. The fourth-order valence-electron chi connectivity index (χ4n) is 1.25. The first kappa shape index (κ1) is 12.8. The van der Waals surface area contributed by atoms with Crippen LogP contribution in [0.1, 0.15) is 5.69 Å². The molecule has 0 radical (unpaired) electrons. The lowest BCUT2D eigenvalue weighted by molar-refractivity contribution is -0.141. The van der Waals surface area contributed by atoms with Crippen LogP contribution in [0.2, 0.25) is 0 Å². The van der Waals surface area contributed by atoms with Gasteiger partial charge in [-0.05, 0) is 40.2 Å². The van der Waals surface area contributed by atoms with Crippen molar-refractivity contribution in [2.75, 3.05) is 5.32 Å². The van der Waals surface area contributed by atoms with E-state index >= 15 is 0 Å². The van der Waals surface area contributed by atoms with E-state index in [1.807, 2.05) is 0 Å². The summed E-state index contributed by atoms with van der Waals surface area (Å²) in [6, 6.07) is 5.71. The van der Waals surface area contributed by atoms with Gasteiger partial charge in [0.15, 0.2) is 0 Å². The normalized spacial score (nSPS) is 11.3. The summed E-state index contributed by atoms with van der Waals surface area (Å²) in [6.45, 7) is 0. The quantitative estimate of drug-likeness (QED) is 0.851. The highest BCUT2D eigenvalue weighted by Crippen LogP contribution is 2.28. The molecule has 18 heavy (non-hydrogen) atoms. The lowest BCUT2D eigenvalue weighted by atomic mass is 10.3. The average Bonchev–Trinajstić information content (AvgIpc) is 2.32. The molecule has 0 aliphatic heterocycles. The Hall–Kier alpha value is -1.63. The van der Waals surface area contributed by atoms with Crippen LogP contribution < -0.4 is 5.32 Å². The SMILES string of the molecule is FC(F)(F)c1ccc(Nc2ccc(Br)nc2)cn1. The molecule has 2 aromatic heterocycles. The minimum Gasteiger partial charge on any atom is -0.353 e. The van der Waals surface area contributed by atoms with Gasteiger partial charge >= 0.3 is 6.18 Å². The summed E-state index contributed by atoms with van der Waals surface area (Å²) in [7, 11) is 0. The largest absolute Gasteiger partial charge is 0.433 e. The van der Waals surface area contributed by atoms with Gasteiger partial charge in [-0.25, -0.2) is 9.97 Å². The molecule has 0 aromatic carbocycles. The molecule has 0 bridgehead atoms. The van der Waals surface area contributed by atoms with Crippen LogP contribution in [-0.4, -0.2) is 9.97 Å². The maximum Gasteiger partial charge on any atom is 0.433 e. The van der Waals surface area contributed by atoms with Crippen molar-refractivity contribution in [2.45, 2.75) is 6.18 Å². The summed E-state index contributed by atoms with van der Waals surface area (Å²) >= 11 is 3.19. The van der Waals surface area contributed by atoms with Crippen LogP contribution in [-0.2, 0) is 6.18 Å². The number of hydrogen-bond donors (Lipinski definition) is 1. The van der Waals surface area contributed by atoms with Gasteiger partial charge in [-0.2, -0.15) is 13.2 Å². The van der Waals surface area contributed by atoms with Crippen molar-refractivity contribution in [1.29, 1.82) is 0 Å². The Morgan fingerprint density at radius 3 is 2.00 bits per heavy atom. The van der Waals surface area contributed by atoms with E-state index < -0.39 is 11.9 Å². The third kappa shape index (κ3) is 3.19. The topological polar surface area (TPSA) is 37.8 Å². The van der Waals surface area contributed by atoms with Gasteiger partial charge in [0.25, 0.3) is 0 Å². The molecule has 0 aliphatic carbocycles. The van der Waals surface area contributed by atoms with Crippen molar-refractivity contribution in [3.8, 4) is 0 Å². The van der Waals surface area contributed by atoms with E-state index in [0.29, 0.717) is 16.0 Å². The van der Waals surface area contributed by atoms with Gasteiger partial charge in [-0.15, -0.1) is 0 Å². The lowest BCUT2D eigenvalue weighted by Crippen LogP contribution is -2.07. The molecule has 2 rings (SSSR count). The first-order valence-electron chi connectivity index (χ1n) is 4.87. The molecular weight excluding hydrogens is 311 g/mol. The summed E-state index contributed by atoms with van der Waals surface area (Å²) in [5.41, 5.74) is 0.217. The molecule has 0 fully saturated rings. The zero-order valence-corrected chi connectivity index (χ0v) is 10.5. The number of nitrogens with zero attached hydrogens (tertiary/aromatic N) is 2. The molecule has 2 heterocycles. The number of hydrogen-bond acceptors (Lipinski definition) is 3. The summed E-state index contributed by atoms with van der Waals surface area (Å²) in [6.07, 6.45) is -1.73. The van der Waals surface area contributed by atoms with Crippen molar-refractivity contribution >= 4 is 27.3 Å². The highest BCUT2D eigenvalue weighted by atomic mass is 79.9. The van der Waals surface area contributed by atoms with E-state index in [1.54, 1.807) is 18.3 Å². The zero-order chi connectivity index (χ0) is 13.2. The van der Waals surface area contributed by atoms with E-state index in [9.17, 15) is 13.2 Å². The molecule has 3 nitrogen and oxygen atoms in total. The summed E-state index contributed by atoms with van der Waals surface area (Å²) in [4.78, 5) is 7.33. The number of nitrogens with one attached hydrogen (secondary N) is 1. The van der Waals surface area contributed by atoms with E-state index in [2.05, 4.69) is 31.2 Å². The van der Waals surface area contributed by atoms with Gasteiger partial charge in [-0.3, -0.25) is 0 Å². The van der Waals surface area contributed by atoms with Crippen molar-refractivity contribution in [3.63, 3.8) is 0 Å². The van der Waals surface area contributed by atoms with Crippen LogP contribution in [0.5, 0.6) is 0 Å². The Morgan fingerprint density at radius 1 is 0.944 bits per heavy atom. The van der Waals surface area contributed by atoms with E-state index in [0.717, 1.165) is 12.3 Å². The van der Waals surface area contributed by atoms with Gasteiger partial charge in [-0.1, -0.05) is 0 Å². The molecule has 7 heteroatoms. The summed E-state index contributed by atoms with van der Waals surface area (Å²) in [5.74, 6) is 0. The van der Waals surface area contributed by atoms with Crippen LogP contribution in [0.15, 0.2) is 41.3 Å². The molecule has 1 N–H and O–H groups in total. The number of halogens is 4. The van der Waals surface area contributed by atoms with E-state index in [1.165, 1.54) is 6.07 Å². The molecule has 0 aliphatic rings. The Kier molecular flexibility index (Phi) is 3.51. The first-order chi connectivity index (χ1) is 8.45. The van der Waals surface area contributed by atoms with Crippen LogP contribution in [0.25, 0.3) is 0 Å². The van der Waals surface area contributed by atoms with Gasteiger partial charge in [0.05, 0.1) is 23.8 Å². The average molecular weight is 318 g/mol. The predicted molar refractivity (Wildman–Crippen MR) is 64.5 cm³/mol. The molecular formula is C11H7BrF3N3. The summed E-state index contributed by atoms with van der Waals surface area (Å²) < 4.78 is 37.6. The van der Waals surface area contributed by atoms with Crippen molar-refractivity contribution < 1.29 is 13.2 Å². The van der Waals surface area contributed by atoms with Crippen LogP contribution in [0, 0.1) is 0 Å². The van der Waals surface area contributed by atoms with E-state index in [-0.39, 0.29) is 0 Å². The van der Waals surface area contributed by atoms with Crippen molar-refractivity contribution in [2.24, 2.45) is 0 Å². The molecule has 94 valence electrons. The Bertz CT molecular complexity index is 523. The molecule has 0 saturated carbocycles. The second-order valence-electron chi connectivity index (χ2n) is 3.42. The summed E-state index contributed by atoms with van der Waals surface area (Å²) in [5, 5.41) is 2.90. The molecule has 0 atom stereocenters. The number of aromatic nitrogens is 2. The number of alkyl halides is 3. The molecule has 0 amide bonds. The minimum absolute atomic E-state index is 0.465. The number of rotatable bonds is 2. The predicted octanol–water partition coefficient (Wildman–Crippen LogP) is 4.00. The lowest BCUT2D eigenvalue weighted by Gasteiger charge is -2.08. The third-order valence-corrected chi connectivity index (χ3v) is 2.54. The number of anilines is 2. The maximum absolute atomic E-state index is 12.3. The van der Waals surface area contributed by atoms with Crippen molar-refractivity contribution in [3.05, 3.63) is 47.0 Å². The van der Waals surface area contributed by atoms with Crippen LogP contribution in [0.4, 0.5) is 24.5 Å². The molecule has 2 aromatic rings. The fourth-order valence-corrected chi connectivity index (χ4v) is 1.49. The van der Waals surface area contributed by atoms with Gasteiger partial charge < -0.3 is 5.32 Å². The monoisotopic (exact) mass is 317 g/mol. The molecule has 0 unspecified atom stereocenters. The third-order valence-electron chi connectivity index (χ3n) is 2.07. The van der Waals surface area contributed by atoms with Crippen LogP contribution >= 0.6 is 15.9 Å². The van der Waals surface area contributed by atoms with Gasteiger partial charge in [0.1, 0.15) is 10.3 Å². The standard InChI is InChI=1S/C11H7BrF3N3/c12-10-4-2-8(6-17-10)18-7-1-3-9(16-5-7)11(13,14)15/h1-6,18H. The highest BCUT2D eigenvalue weighted by Gasteiger charge is 2.31. The Morgan fingerprint density at radius 2 is 1.56 bits per heavy atom. The molecule has 0 spiro atoms. The van der Waals surface area contributed by atoms with E-state index in [4.69, 9.17) is 0 Å². The second-order valence-corrected chi connectivity index (χ2v) is 4.24. The maximum atomic E-state index is 12.3. The second kappa shape index (κ2) is 4.93. The molecule has 0 saturated heterocycles.